The number of hydrogen-bond donors (Lipinski definition) is 1. The molecule has 0 bridgehead atoms. The molecule has 1 aromatic heterocycles. The van der Waals surface area contributed by atoms with Gasteiger partial charge in [-0.05, 0) is 37.4 Å². The van der Waals surface area contributed by atoms with Gasteiger partial charge in [0.1, 0.15) is 0 Å². The Labute approximate surface area is 128 Å². The van der Waals surface area contributed by atoms with E-state index in [0.29, 0.717) is 29.2 Å². The Morgan fingerprint density at radius 3 is 3.14 bits per heavy atom. The lowest BCUT2D eigenvalue weighted by molar-refractivity contribution is 0.107. The fourth-order valence-corrected chi connectivity index (χ4v) is 2.89. The van der Waals surface area contributed by atoms with Gasteiger partial charge in [-0.3, -0.25) is 4.90 Å². The lowest BCUT2D eigenvalue weighted by Crippen LogP contribution is -2.36. The molecule has 1 unspecified atom stereocenters. The largest absolute Gasteiger partial charge is 0.396 e. The van der Waals surface area contributed by atoms with E-state index in [-0.39, 0.29) is 6.61 Å². The van der Waals surface area contributed by atoms with Crippen molar-refractivity contribution in [1.82, 2.24) is 15.0 Å². The number of aromatic nitrogens is 2. The molecule has 1 aliphatic heterocycles. The second-order valence-electron chi connectivity index (χ2n) is 5.45. The Morgan fingerprint density at radius 2 is 2.33 bits per heavy atom. The van der Waals surface area contributed by atoms with Gasteiger partial charge in [0.15, 0.2) is 0 Å². The molecule has 0 aliphatic carbocycles. The molecule has 1 aliphatic rings. The van der Waals surface area contributed by atoms with Crippen molar-refractivity contribution in [2.75, 3.05) is 19.7 Å². The van der Waals surface area contributed by atoms with Crippen molar-refractivity contribution in [2.45, 2.75) is 19.4 Å². The second-order valence-corrected chi connectivity index (χ2v) is 5.88. The van der Waals surface area contributed by atoms with Crippen LogP contribution in [0.25, 0.3) is 11.4 Å². The van der Waals surface area contributed by atoms with E-state index in [1.54, 1.807) is 0 Å². The molecule has 1 fully saturated rings. The fourth-order valence-electron chi connectivity index (χ4n) is 2.70. The Morgan fingerprint density at radius 1 is 1.43 bits per heavy atom. The monoisotopic (exact) mass is 307 g/mol. The van der Waals surface area contributed by atoms with E-state index in [1.165, 1.54) is 0 Å². The Balaban J connectivity index is 1.68. The number of rotatable bonds is 4. The van der Waals surface area contributed by atoms with Crippen LogP contribution in [0.4, 0.5) is 0 Å². The van der Waals surface area contributed by atoms with Crippen molar-refractivity contribution >= 4 is 11.6 Å². The van der Waals surface area contributed by atoms with Crippen LogP contribution < -0.4 is 0 Å². The van der Waals surface area contributed by atoms with Crippen LogP contribution in [0.1, 0.15) is 18.7 Å². The third-order valence-corrected chi connectivity index (χ3v) is 4.01. The average molecular weight is 308 g/mol. The minimum absolute atomic E-state index is 0.244. The van der Waals surface area contributed by atoms with E-state index in [9.17, 15) is 5.11 Å². The summed E-state index contributed by atoms with van der Waals surface area (Å²) >= 11 is 5.97. The quantitative estimate of drug-likeness (QED) is 0.940. The summed E-state index contributed by atoms with van der Waals surface area (Å²) < 4.78 is 5.32. The van der Waals surface area contributed by atoms with Crippen molar-refractivity contribution in [3.8, 4) is 11.4 Å². The lowest BCUT2D eigenvalue weighted by Gasteiger charge is -2.30. The molecule has 0 spiro atoms. The zero-order valence-corrected chi connectivity index (χ0v) is 12.5. The predicted octanol–water partition coefficient (Wildman–Crippen LogP) is 2.59. The molecule has 5 nitrogen and oxygen atoms in total. The topological polar surface area (TPSA) is 62.4 Å². The molecule has 2 aromatic rings. The predicted molar refractivity (Wildman–Crippen MR) is 79.8 cm³/mol. The van der Waals surface area contributed by atoms with Gasteiger partial charge in [0.25, 0.3) is 0 Å². The summed E-state index contributed by atoms with van der Waals surface area (Å²) in [4.78, 5) is 6.68. The highest BCUT2D eigenvalue weighted by Crippen LogP contribution is 2.21. The number of aliphatic hydroxyl groups excluding tert-OH is 1. The van der Waals surface area contributed by atoms with Crippen LogP contribution in [-0.2, 0) is 6.54 Å². The Kier molecular flexibility index (Phi) is 4.53. The number of nitrogens with zero attached hydrogens (tertiary/aromatic N) is 3. The van der Waals surface area contributed by atoms with E-state index >= 15 is 0 Å². The SMILES string of the molecule is OCC1CCCN(Cc2nc(-c3cccc(Cl)c3)no2)C1. The first-order valence-corrected chi connectivity index (χ1v) is 7.54. The summed E-state index contributed by atoms with van der Waals surface area (Å²) in [5.74, 6) is 1.51. The highest BCUT2D eigenvalue weighted by atomic mass is 35.5. The Bertz CT molecular complexity index is 602. The molecule has 1 atom stereocenters. The van der Waals surface area contributed by atoms with Crippen LogP contribution in [0.3, 0.4) is 0 Å². The van der Waals surface area contributed by atoms with Gasteiger partial charge in [-0.1, -0.05) is 28.9 Å². The van der Waals surface area contributed by atoms with E-state index in [2.05, 4.69) is 15.0 Å². The van der Waals surface area contributed by atoms with Crippen molar-refractivity contribution in [2.24, 2.45) is 5.92 Å². The van der Waals surface area contributed by atoms with Crippen LogP contribution in [0.2, 0.25) is 5.02 Å². The molecule has 3 rings (SSSR count). The van der Waals surface area contributed by atoms with Crippen LogP contribution in [0.5, 0.6) is 0 Å². The summed E-state index contributed by atoms with van der Waals surface area (Å²) in [6.45, 7) is 2.76. The first-order valence-electron chi connectivity index (χ1n) is 7.16. The third-order valence-electron chi connectivity index (χ3n) is 3.77. The number of benzene rings is 1. The third kappa shape index (κ3) is 3.61. The standard InChI is InChI=1S/C15H18ClN3O2/c16-13-5-1-4-12(7-13)15-17-14(21-18-15)9-19-6-2-3-11(8-19)10-20/h1,4-5,7,11,20H,2-3,6,8-10H2. The number of aliphatic hydroxyl groups is 1. The molecule has 6 heteroatoms. The van der Waals surface area contributed by atoms with Crippen molar-refractivity contribution in [3.05, 3.63) is 35.2 Å². The van der Waals surface area contributed by atoms with Gasteiger partial charge in [0.05, 0.1) is 6.54 Å². The van der Waals surface area contributed by atoms with E-state index in [1.807, 2.05) is 24.3 Å². The smallest absolute Gasteiger partial charge is 0.241 e. The van der Waals surface area contributed by atoms with Gasteiger partial charge in [0, 0.05) is 23.7 Å². The van der Waals surface area contributed by atoms with Crippen LogP contribution in [0, 0.1) is 5.92 Å². The highest BCUT2D eigenvalue weighted by molar-refractivity contribution is 6.30. The fraction of sp³-hybridized carbons (Fsp3) is 0.467. The van der Waals surface area contributed by atoms with Crippen LogP contribution in [-0.4, -0.2) is 39.8 Å². The zero-order chi connectivity index (χ0) is 14.7. The van der Waals surface area contributed by atoms with E-state index in [4.69, 9.17) is 16.1 Å². The second kappa shape index (κ2) is 6.56. The summed E-state index contributed by atoms with van der Waals surface area (Å²) in [5, 5.41) is 13.9. The number of piperidine rings is 1. The minimum atomic E-state index is 0.244. The van der Waals surface area contributed by atoms with E-state index in [0.717, 1.165) is 31.5 Å². The molecular formula is C15H18ClN3O2. The Hall–Kier alpha value is -1.43. The molecule has 21 heavy (non-hydrogen) atoms. The first-order chi connectivity index (χ1) is 10.2. The van der Waals surface area contributed by atoms with Gasteiger partial charge in [-0.2, -0.15) is 4.98 Å². The molecule has 112 valence electrons. The summed E-state index contributed by atoms with van der Waals surface area (Å²) in [5.41, 5.74) is 0.851. The molecule has 0 radical (unpaired) electrons. The lowest BCUT2D eigenvalue weighted by atomic mass is 9.99. The molecule has 2 heterocycles. The van der Waals surface area contributed by atoms with Crippen molar-refractivity contribution in [1.29, 1.82) is 0 Å². The zero-order valence-electron chi connectivity index (χ0n) is 11.7. The molecule has 0 amide bonds. The normalized spacial score (nSPS) is 19.8. The van der Waals surface area contributed by atoms with Crippen LogP contribution >= 0.6 is 11.6 Å². The maximum absolute atomic E-state index is 9.26. The first kappa shape index (κ1) is 14.5. The average Bonchev–Trinajstić information content (AvgIpc) is 2.96. The molecule has 1 N–H and O–H groups in total. The molecule has 0 saturated carbocycles. The number of likely N-dealkylation sites (tertiary alicyclic amines) is 1. The summed E-state index contributed by atoms with van der Waals surface area (Å²) in [7, 11) is 0. The van der Waals surface area contributed by atoms with E-state index < -0.39 is 0 Å². The van der Waals surface area contributed by atoms with Crippen molar-refractivity contribution in [3.63, 3.8) is 0 Å². The van der Waals surface area contributed by atoms with Crippen molar-refractivity contribution < 1.29 is 9.63 Å². The number of hydrogen-bond acceptors (Lipinski definition) is 5. The van der Waals surface area contributed by atoms with Crippen LogP contribution in [0.15, 0.2) is 28.8 Å². The minimum Gasteiger partial charge on any atom is -0.396 e. The summed E-state index contributed by atoms with van der Waals surface area (Å²) in [6, 6.07) is 7.40. The summed E-state index contributed by atoms with van der Waals surface area (Å²) in [6.07, 6.45) is 2.19. The van der Waals surface area contributed by atoms with Gasteiger partial charge < -0.3 is 9.63 Å². The number of halogens is 1. The molecular weight excluding hydrogens is 290 g/mol. The maximum Gasteiger partial charge on any atom is 0.241 e. The molecule has 1 aromatic carbocycles. The molecule has 1 saturated heterocycles. The van der Waals surface area contributed by atoms with Gasteiger partial charge in [-0.15, -0.1) is 0 Å². The van der Waals surface area contributed by atoms with Gasteiger partial charge >= 0.3 is 0 Å². The van der Waals surface area contributed by atoms with Gasteiger partial charge in [-0.25, -0.2) is 0 Å². The highest BCUT2D eigenvalue weighted by Gasteiger charge is 2.21. The van der Waals surface area contributed by atoms with Gasteiger partial charge in [0.2, 0.25) is 11.7 Å². The maximum atomic E-state index is 9.26.